The molecule has 1 heterocycles. The summed E-state index contributed by atoms with van der Waals surface area (Å²) in [5, 5.41) is 16.9. The highest BCUT2D eigenvalue weighted by atomic mass is 16.3. The smallest absolute Gasteiger partial charge is 0.158 e. The second-order valence-corrected chi connectivity index (χ2v) is 5.24. The van der Waals surface area contributed by atoms with Crippen molar-refractivity contribution < 1.29 is 9.90 Å². The van der Waals surface area contributed by atoms with E-state index in [2.05, 4.69) is 10.2 Å². The fourth-order valence-corrected chi connectivity index (χ4v) is 2.12. The number of carbonyl (C=O) groups excluding carboxylic acids is 1. The predicted molar refractivity (Wildman–Crippen MR) is 75.8 cm³/mol. The highest BCUT2D eigenvalue weighted by Gasteiger charge is 2.26. The zero-order chi connectivity index (χ0) is 15.1. The molecule has 0 aliphatic rings. The monoisotopic (exact) mass is 283 g/mol. The maximum Gasteiger partial charge on any atom is 0.158 e. The van der Waals surface area contributed by atoms with E-state index in [9.17, 15) is 4.79 Å². The highest BCUT2D eigenvalue weighted by Crippen LogP contribution is 2.23. The van der Waals surface area contributed by atoms with Gasteiger partial charge in [0.05, 0.1) is 18.7 Å². The first kappa shape index (κ1) is 16.7. The number of hydrogen-bond donors (Lipinski definition) is 3. The first-order valence-corrected chi connectivity index (χ1v) is 7.02. The fourth-order valence-electron chi connectivity index (χ4n) is 2.12. The third kappa shape index (κ3) is 4.09. The fraction of sp³-hybridized carbons (Fsp3) is 0.769. The summed E-state index contributed by atoms with van der Waals surface area (Å²) in [6.45, 7) is 4.11. The lowest BCUT2D eigenvalue weighted by atomic mass is 9.96. The van der Waals surface area contributed by atoms with Crippen molar-refractivity contribution >= 4 is 5.78 Å². The number of ketones is 1. The lowest BCUT2D eigenvalue weighted by Gasteiger charge is -2.22. The van der Waals surface area contributed by atoms with Crippen molar-refractivity contribution in [1.82, 2.24) is 14.8 Å². The van der Waals surface area contributed by atoms with Crippen LogP contribution >= 0.6 is 0 Å². The number of aromatic nitrogens is 3. The molecule has 0 saturated carbocycles. The maximum atomic E-state index is 12.4. The second kappa shape index (κ2) is 8.08. The molecular formula is C13H25N5O2. The predicted octanol–water partition coefficient (Wildman–Crippen LogP) is 0.165. The van der Waals surface area contributed by atoms with Crippen molar-refractivity contribution in [3.8, 4) is 0 Å². The minimum Gasteiger partial charge on any atom is -0.394 e. The van der Waals surface area contributed by atoms with E-state index in [1.54, 1.807) is 4.57 Å². The van der Waals surface area contributed by atoms with Crippen LogP contribution in [0.5, 0.6) is 0 Å². The molecule has 0 aliphatic heterocycles. The molecule has 0 saturated heterocycles. The third-order valence-electron chi connectivity index (χ3n) is 3.29. The van der Waals surface area contributed by atoms with E-state index in [0.717, 1.165) is 12.8 Å². The summed E-state index contributed by atoms with van der Waals surface area (Å²) < 4.78 is 1.69. The average molecular weight is 283 g/mol. The molecule has 1 aromatic heterocycles. The van der Waals surface area contributed by atoms with E-state index in [1.165, 1.54) is 6.33 Å². The van der Waals surface area contributed by atoms with Crippen LogP contribution in [0.2, 0.25) is 0 Å². The molecule has 7 heteroatoms. The number of aliphatic hydroxyl groups excluding tert-OH is 1. The van der Waals surface area contributed by atoms with Gasteiger partial charge in [0.25, 0.3) is 0 Å². The van der Waals surface area contributed by atoms with Gasteiger partial charge in [-0.25, -0.2) is 0 Å². The Morgan fingerprint density at radius 1 is 1.45 bits per heavy atom. The molecule has 0 spiro atoms. The van der Waals surface area contributed by atoms with E-state index in [0.29, 0.717) is 18.8 Å². The summed E-state index contributed by atoms with van der Waals surface area (Å²) in [5.74, 6) is 0.478. The Kier molecular flexibility index (Phi) is 6.77. The summed E-state index contributed by atoms with van der Waals surface area (Å²) in [5.41, 5.74) is 11.3. The summed E-state index contributed by atoms with van der Waals surface area (Å²) in [6, 6.07) is -0.973. The zero-order valence-corrected chi connectivity index (χ0v) is 12.2. The number of carbonyl (C=O) groups is 1. The van der Waals surface area contributed by atoms with Gasteiger partial charge in [-0.2, -0.15) is 0 Å². The first-order chi connectivity index (χ1) is 9.52. The number of unbranched alkanes of at least 4 members (excludes halogenated alkanes) is 1. The standard InChI is InChI=1S/C13H25N5O2/c1-9(2)12(20)11(5-3-4-6-14)18-8-16-17-13(18)10(15)7-19/h8-11,19H,3-7,14-15H2,1-2H3/t10-,11-/m0/s1. The van der Waals surface area contributed by atoms with E-state index in [1.807, 2.05) is 13.8 Å². The number of nitrogens with zero attached hydrogens (tertiary/aromatic N) is 3. The molecule has 0 aliphatic carbocycles. The van der Waals surface area contributed by atoms with Crippen molar-refractivity contribution in [2.45, 2.75) is 45.2 Å². The number of aliphatic hydroxyl groups is 1. The van der Waals surface area contributed by atoms with Gasteiger partial charge in [-0.05, 0) is 25.8 Å². The van der Waals surface area contributed by atoms with E-state index in [-0.39, 0.29) is 24.3 Å². The Bertz CT molecular complexity index is 419. The Hall–Kier alpha value is -1.31. The Balaban J connectivity index is 2.97. The molecule has 2 atom stereocenters. The van der Waals surface area contributed by atoms with Gasteiger partial charge < -0.3 is 21.1 Å². The van der Waals surface area contributed by atoms with Crippen LogP contribution in [0.4, 0.5) is 0 Å². The Labute approximate surface area is 119 Å². The van der Waals surface area contributed by atoms with E-state index < -0.39 is 6.04 Å². The molecule has 0 bridgehead atoms. The molecule has 0 radical (unpaired) electrons. The van der Waals surface area contributed by atoms with Crippen molar-refractivity contribution in [2.75, 3.05) is 13.2 Å². The van der Waals surface area contributed by atoms with Gasteiger partial charge in [0.1, 0.15) is 6.33 Å². The molecule has 20 heavy (non-hydrogen) atoms. The largest absolute Gasteiger partial charge is 0.394 e. The molecule has 0 aromatic carbocycles. The third-order valence-corrected chi connectivity index (χ3v) is 3.29. The number of rotatable bonds is 9. The van der Waals surface area contributed by atoms with E-state index in [4.69, 9.17) is 16.6 Å². The molecule has 7 nitrogen and oxygen atoms in total. The van der Waals surface area contributed by atoms with Crippen LogP contribution in [0.1, 0.15) is 51.0 Å². The summed E-state index contributed by atoms with van der Waals surface area (Å²) >= 11 is 0. The van der Waals surface area contributed by atoms with Crippen LogP contribution in [0.3, 0.4) is 0 Å². The van der Waals surface area contributed by atoms with Crippen LogP contribution < -0.4 is 11.5 Å². The molecule has 1 rings (SSSR count). The van der Waals surface area contributed by atoms with Crippen molar-refractivity contribution in [3.63, 3.8) is 0 Å². The molecular weight excluding hydrogens is 258 g/mol. The van der Waals surface area contributed by atoms with Crippen LogP contribution in [0.25, 0.3) is 0 Å². The van der Waals surface area contributed by atoms with Gasteiger partial charge in [0.2, 0.25) is 0 Å². The van der Waals surface area contributed by atoms with Gasteiger partial charge in [-0.15, -0.1) is 10.2 Å². The van der Waals surface area contributed by atoms with Crippen LogP contribution in [0, 0.1) is 5.92 Å². The second-order valence-electron chi connectivity index (χ2n) is 5.24. The summed E-state index contributed by atoms with van der Waals surface area (Å²) in [7, 11) is 0. The van der Waals surface area contributed by atoms with Gasteiger partial charge in [0.15, 0.2) is 11.6 Å². The molecule has 114 valence electrons. The zero-order valence-electron chi connectivity index (χ0n) is 12.2. The average Bonchev–Trinajstić information content (AvgIpc) is 2.91. The van der Waals surface area contributed by atoms with Gasteiger partial charge in [-0.3, -0.25) is 4.79 Å². The summed E-state index contributed by atoms with van der Waals surface area (Å²) in [6.07, 6.45) is 3.91. The lowest BCUT2D eigenvalue weighted by molar-refractivity contribution is -0.125. The van der Waals surface area contributed by atoms with Gasteiger partial charge in [-0.1, -0.05) is 13.8 Å². The van der Waals surface area contributed by atoms with E-state index >= 15 is 0 Å². The molecule has 0 fully saturated rings. The minimum atomic E-state index is -0.630. The Morgan fingerprint density at radius 3 is 2.70 bits per heavy atom. The molecule has 0 unspecified atom stereocenters. The maximum absolute atomic E-state index is 12.4. The molecule has 0 amide bonds. The Morgan fingerprint density at radius 2 is 2.15 bits per heavy atom. The van der Waals surface area contributed by atoms with Crippen LogP contribution in [-0.4, -0.2) is 38.8 Å². The molecule has 5 N–H and O–H groups in total. The van der Waals surface area contributed by atoms with Crippen molar-refractivity contribution in [1.29, 1.82) is 0 Å². The topological polar surface area (TPSA) is 120 Å². The minimum absolute atomic E-state index is 0.0847. The van der Waals surface area contributed by atoms with Gasteiger partial charge in [0, 0.05) is 5.92 Å². The van der Waals surface area contributed by atoms with Crippen LogP contribution in [0.15, 0.2) is 6.33 Å². The van der Waals surface area contributed by atoms with Crippen molar-refractivity contribution in [2.24, 2.45) is 17.4 Å². The van der Waals surface area contributed by atoms with Crippen LogP contribution in [-0.2, 0) is 4.79 Å². The van der Waals surface area contributed by atoms with Gasteiger partial charge >= 0.3 is 0 Å². The highest BCUT2D eigenvalue weighted by molar-refractivity contribution is 5.84. The number of hydrogen-bond acceptors (Lipinski definition) is 6. The number of Topliss-reactive ketones (excluding diaryl/α,β-unsaturated/α-hetero) is 1. The SMILES string of the molecule is CC(C)C(=O)[C@H](CCCCN)n1cnnc1[C@@H](N)CO. The lowest BCUT2D eigenvalue weighted by Crippen LogP contribution is -2.28. The van der Waals surface area contributed by atoms with Crippen molar-refractivity contribution in [3.05, 3.63) is 12.2 Å². The quantitative estimate of drug-likeness (QED) is 0.555. The molecule has 1 aromatic rings. The normalized spacial score (nSPS) is 14.5. The number of nitrogens with two attached hydrogens (primary N) is 2. The first-order valence-electron chi connectivity index (χ1n) is 7.02. The summed E-state index contributed by atoms with van der Waals surface area (Å²) in [4.78, 5) is 12.4.